The SMILES string of the molecule is CC(C)CCC(=O)[C@@H](NC[C@@H](C)Cc1ccccc1)[C@@H](C)O. The third kappa shape index (κ3) is 7.19. The number of ketones is 1. The number of rotatable bonds is 10. The largest absolute Gasteiger partial charge is 0.391 e. The third-order valence-corrected chi connectivity index (χ3v) is 3.91. The van der Waals surface area contributed by atoms with Crippen molar-refractivity contribution in [2.45, 2.75) is 59.1 Å². The van der Waals surface area contributed by atoms with Crippen molar-refractivity contribution in [1.82, 2.24) is 5.32 Å². The molecule has 0 radical (unpaired) electrons. The predicted molar refractivity (Wildman–Crippen MR) is 91.9 cm³/mol. The number of hydrogen-bond donors (Lipinski definition) is 2. The van der Waals surface area contributed by atoms with Crippen LogP contribution in [0.3, 0.4) is 0 Å². The van der Waals surface area contributed by atoms with Crippen molar-refractivity contribution in [3.8, 4) is 0 Å². The fourth-order valence-electron chi connectivity index (χ4n) is 2.56. The van der Waals surface area contributed by atoms with Gasteiger partial charge in [-0.2, -0.15) is 0 Å². The molecule has 0 aromatic heterocycles. The predicted octanol–water partition coefficient (Wildman–Crippen LogP) is 3.21. The van der Waals surface area contributed by atoms with Gasteiger partial charge in [-0.15, -0.1) is 0 Å². The Balaban J connectivity index is 2.44. The van der Waals surface area contributed by atoms with Gasteiger partial charge in [0.2, 0.25) is 0 Å². The van der Waals surface area contributed by atoms with Crippen LogP contribution in [-0.2, 0) is 11.2 Å². The van der Waals surface area contributed by atoms with Crippen LogP contribution in [0.1, 0.15) is 46.1 Å². The lowest BCUT2D eigenvalue weighted by Crippen LogP contribution is -2.46. The van der Waals surface area contributed by atoms with Gasteiger partial charge in [0.25, 0.3) is 0 Å². The van der Waals surface area contributed by atoms with E-state index >= 15 is 0 Å². The van der Waals surface area contributed by atoms with Crippen LogP contribution < -0.4 is 5.32 Å². The van der Waals surface area contributed by atoms with Gasteiger partial charge in [0.05, 0.1) is 12.1 Å². The number of benzene rings is 1. The van der Waals surface area contributed by atoms with E-state index in [4.69, 9.17) is 0 Å². The van der Waals surface area contributed by atoms with Crippen molar-refractivity contribution < 1.29 is 9.90 Å². The van der Waals surface area contributed by atoms with Crippen LogP contribution in [-0.4, -0.2) is 29.6 Å². The Morgan fingerprint density at radius 3 is 2.32 bits per heavy atom. The normalized spacial score (nSPS) is 15.5. The number of nitrogens with one attached hydrogen (secondary N) is 1. The van der Waals surface area contributed by atoms with Crippen molar-refractivity contribution in [1.29, 1.82) is 0 Å². The Labute approximate surface area is 135 Å². The monoisotopic (exact) mass is 305 g/mol. The van der Waals surface area contributed by atoms with Crippen LogP contribution in [0.25, 0.3) is 0 Å². The molecule has 3 atom stereocenters. The van der Waals surface area contributed by atoms with Gasteiger partial charge < -0.3 is 10.4 Å². The lowest BCUT2D eigenvalue weighted by molar-refractivity contribution is -0.123. The maximum atomic E-state index is 12.2. The molecule has 0 fully saturated rings. The molecule has 0 aliphatic rings. The highest BCUT2D eigenvalue weighted by Crippen LogP contribution is 2.10. The molecule has 0 bridgehead atoms. The third-order valence-electron chi connectivity index (χ3n) is 3.91. The molecule has 0 aliphatic heterocycles. The van der Waals surface area contributed by atoms with Gasteiger partial charge in [-0.25, -0.2) is 0 Å². The molecule has 1 rings (SSSR count). The van der Waals surface area contributed by atoms with E-state index in [1.54, 1.807) is 6.92 Å². The highest BCUT2D eigenvalue weighted by atomic mass is 16.3. The molecular formula is C19H31NO2. The number of aliphatic hydroxyl groups excluding tert-OH is 1. The zero-order valence-electron chi connectivity index (χ0n) is 14.4. The van der Waals surface area contributed by atoms with E-state index in [0.29, 0.717) is 18.3 Å². The Morgan fingerprint density at radius 2 is 1.77 bits per heavy atom. The topological polar surface area (TPSA) is 49.3 Å². The van der Waals surface area contributed by atoms with E-state index in [-0.39, 0.29) is 5.78 Å². The zero-order chi connectivity index (χ0) is 16.5. The Hall–Kier alpha value is -1.19. The minimum absolute atomic E-state index is 0.121. The maximum Gasteiger partial charge on any atom is 0.152 e. The molecule has 0 aliphatic carbocycles. The second-order valence-electron chi connectivity index (χ2n) is 6.82. The molecule has 1 aromatic rings. The summed E-state index contributed by atoms with van der Waals surface area (Å²) in [7, 11) is 0. The highest BCUT2D eigenvalue weighted by molar-refractivity contribution is 5.84. The molecule has 124 valence electrons. The highest BCUT2D eigenvalue weighted by Gasteiger charge is 2.23. The van der Waals surface area contributed by atoms with Crippen molar-refractivity contribution in [2.75, 3.05) is 6.54 Å². The van der Waals surface area contributed by atoms with Crippen LogP contribution in [0.2, 0.25) is 0 Å². The second kappa shape index (κ2) is 9.75. The smallest absolute Gasteiger partial charge is 0.152 e. The van der Waals surface area contributed by atoms with Crippen LogP contribution in [0, 0.1) is 11.8 Å². The van der Waals surface area contributed by atoms with Gasteiger partial charge in [-0.1, -0.05) is 51.1 Å². The fourth-order valence-corrected chi connectivity index (χ4v) is 2.56. The van der Waals surface area contributed by atoms with Crippen LogP contribution >= 0.6 is 0 Å². The van der Waals surface area contributed by atoms with Gasteiger partial charge >= 0.3 is 0 Å². The van der Waals surface area contributed by atoms with Gasteiger partial charge in [-0.3, -0.25) is 4.79 Å². The summed E-state index contributed by atoms with van der Waals surface area (Å²) in [6.45, 7) is 8.81. The summed E-state index contributed by atoms with van der Waals surface area (Å²) in [5.74, 6) is 1.05. The summed E-state index contributed by atoms with van der Waals surface area (Å²) in [6, 6.07) is 9.90. The molecule has 22 heavy (non-hydrogen) atoms. The number of carbonyl (C=O) groups is 1. The minimum atomic E-state index is -0.649. The molecular weight excluding hydrogens is 274 g/mol. The number of aliphatic hydroxyl groups is 1. The quantitative estimate of drug-likeness (QED) is 0.698. The lowest BCUT2D eigenvalue weighted by Gasteiger charge is -2.23. The van der Waals surface area contributed by atoms with Crippen LogP contribution in [0.5, 0.6) is 0 Å². The van der Waals surface area contributed by atoms with Crippen LogP contribution in [0.4, 0.5) is 0 Å². The number of carbonyl (C=O) groups excluding carboxylic acids is 1. The van der Waals surface area contributed by atoms with Crippen molar-refractivity contribution >= 4 is 5.78 Å². The molecule has 2 N–H and O–H groups in total. The summed E-state index contributed by atoms with van der Waals surface area (Å²) in [5, 5.41) is 13.1. The van der Waals surface area contributed by atoms with Gasteiger partial charge in [0.1, 0.15) is 0 Å². The summed E-state index contributed by atoms with van der Waals surface area (Å²) in [5.41, 5.74) is 1.30. The molecule has 0 saturated carbocycles. The van der Waals surface area contributed by atoms with Gasteiger partial charge in [-0.05, 0) is 43.7 Å². The molecule has 1 aromatic carbocycles. The number of hydrogen-bond acceptors (Lipinski definition) is 3. The summed E-state index contributed by atoms with van der Waals surface area (Å²) in [4.78, 5) is 12.2. The van der Waals surface area contributed by atoms with E-state index in [0.717, 1.165) is 19.4 Å². The average molecular weight is 305 g/mol. The second-order valence-corrected chi connectivity index (χ2v) is 6.82. The first-order chi connectivity index (χ1) is 10.4. The molecule has 3 nitrogen and oxygen atoms in total. The summed E-state index contributed by atoms with van der Waals surface area (Å²) in [6.07, 6.45) is 1.74. The Bertz CT molecular complexity index is 428. The summed E-state index contributed by atoms with van der Waals surface area (Å²) >= 11 is 0. The summed E-state index contributed by atoms with van der Waals surface area (Å²) < 4.78 is 0. The lowest BCUT2D eigenvalue weighted by atomic mass is 9.97. The maximum absolute atomic E-state index is 12.2. The van der Waals surface area contributed by atoms with E-state index in [1.807, 2.05) is 18.2 Å². The van der Waals surface area contributed by atoms with E-state index in [9.17, 15) is 9.90 Å². The molecule has 0 amide bonds. The van der Waals surface area contributed by atoms with Crippen molar-refractivity contribution in [3.05, 3.63) is 35.9 Å². The molecule has 0 saturated heterocycles. The number of Topliss-reactive ketones (excluding diaryl/α,β-unsaturated/α-hetero) is 1. The van der Waals surface area contributed by atoms with Crippen molar-refractivity contribution in [2.24, 2.45) is 11.8 Å². The van der Waals surface area contributed by atoms with E-state index < -0.39 is 12.1 Å². The zero-order valence-corrected chi connectivity index (χ0v) is 14.4. The minimum Gasteiger partial charge on any atom is -0.391 e. The van der Waals surface area contributed by atoms with Crippen molar-refractivity contribution in [3.63, 3.8) is 0 Å². The standard InChI is InChI=1S/C19H31NO2/c1-14(2)10-11-18(22)19(16(4)21)20-13-15(3)12-17-8-6-5-7-9-17/h5-9,14-16,19-21H,10-13H2,1-4H3/t15-,16+,19-/m0/s1. The average Bonchev–Trinajstić information content (AvgIpc) is 2.46. The first kappa shape index (κ1) is 18.9. The van der Waals surface area contributed by atoms with E-state index in [2.05, 4.69) is 38.2 Å². The van der Waals surface area contributed by atoms with E-state index in [1.165, 1.54) is 5.56 Å². The molecule has 0 unspecified atom stereocenters. The molecule has 0 spiro atoms. The molecule has 3 heteroatoms. The Kier molecular flexibility index (Phi) is 8.36. The molecule has 0 heterocycles. The fraction of sp³-hybridized carbons (Fsp3) is 0.632. The van der Waals surface area contributed by atoms with Gasteiger partial charge in [0.15, 0.2) is 5.78 Å². The Morgan fingerprint density at radius 1 is 1.14 bits per heavy atom. The van der Waals surface area contributed by atoms with Gasteiger partial charge in [0, 0.05) is 6.42 Å². The van der Waals surface area contributed by atoms with Crippen LogP contribution in [0.15, 0.2) is 30.3 Å². The first-order valence-corrected chi connectivity index (χ1v) is 8.38. The first-order valence-electron chi connectivity index (χ1n) is 8.38.